The van der Waals surface area contributed by atoms with Crippen molar-refractivity contribution in [2.75, 3.05) is 7.11 Å². The molecule has 0 aromatic heterocycles. The van der Waals surface area contributed by atoms with Gasteiger partial charge < -0.3 is 10.5 Å². The summed E-state index contributed by atoms with van der Waals surface area (Å²) in [6.07, 6.45) is 3.18. The fraction of sp³-hybridized carbons (Fsp3) is 0.900. The molecule has 0 aromatic rings. The minimum Gasteiger partial charge on any atom is -0.468 e. The Hall–Kier alpha value is -0.570. The number of rotatable bonds is 5. The minimum absolute atomic E-state index is 0.164. The van der Waals surface area contributed by atoms with Crippen LogP contribution in [0.25, 0.3) is 0 Å². The minimum atomic E-state index is -0.510. The van der Waals surface area contributed by atoms with Crippen LogP contribution in [0.1, 0.15) is 40.0 Å². The van der Waals surface area contributed by atoms with Gasteiger partial charge in [0.1, 0.15) is 6.04 Å². The Kier molecular flexibility index (Phi) is 4.99. The van der Waals surface area contributed by atoms with Crippen LogP contribution in [-0.2, 0) is 9.53 Å². The van der Waals surface area contributed by atoms with Crippen LogP contribution < -0.4 is 5.73 Å². The zero-order chi connectivity index (χ0) is 10.5. The molecule has 0 heterocycles. The summed E-state index contributed by atoms with van der Waals surface area (Å²) in [7, 11) is 1.37. The third kappa shape index (κ3) is 3.77. The van der Waals surface area contributed by atoms with Crippen LogP contribution in [0.15, 0.2) is 0 Å². The summed E-state index contributed by atoms with van der Waals surface area (Å²) in [5.41, 5.74) is 5.61. The van der Waals surface area contributed by atoms with Crippen LogP contribution in [-0.4, -0.2) is 19.1 Å². The van der Waals surface area contributed by atoms with Crippen molar-refractivity contribution in [3.63, 3.8) is 0 Å². The maximum atomic E-state index is 11.2. The Morgan fingerprint density at radius 1 is 1.54 bits per heavy atom. The lowest BCUT2D eigenvalue weighted by Gasteiger charge is -2.29. The predicted molar refractivity (Wildman–Crippen MR) is 53.3 cm³/mol. The Labute approximate surface area is 80.6 Å². The van der Waals surface area contributed by atoms with Crippen LogP contribution in [0.2, 0.25) is 0 Å². The van der Waals surface area contributed by atoms with Crippen LogP contribution >= 0.6 is 0 Å². The molecule has 13 heavy (non-hydrogen) atoms. The number of hydrogen-bond donors (Lipinski definition) is 1. The second kappa shape index (κ2) is 5.22. The highest BCUT2D eigenvalue weighted by atomic mass is 16.5. The molecule has 0 saturated carbocycles. The monoisotopic (exact) mass is 187 g/mol. The van der Waals surface area contributed by atoms with E-state index >= 15 is 0 Å². The highest BCUT2D eigenvalue weighted by Crippen LogP contribution is 2.26. The lowest BCUT2D eigenvalue weighted by atomic mass is 9.80. The fourth-order valence-electron chi connectivity index (χ4n) is 1.23. The number of esters is 1. The zero-order valence-electron chi connectivity index (χ0n) is 9.09. The molecule has 0 fully saturated rings. The van der Waals surface area contributed by atoms with Gasteiger partial charge in [-0.1, -0.05) is 33.6 Å². The Morgan fingerprint density at radius 3 is 2.46 bits per heavy atom. The quantitative estimate of drug-likeness (QED) is 0.666. The first-order chi connectivity index (χ1) is 5.95. The molecule has 0 aliphatic rings. The first-order valence-electron chi connectivity index (χ1n) is 4.79. The molecule has 0 radical (unpaired) electrons. The van der Waals surface area contributed by atoms with E-state index in [9.17, 15) is 4.79 Å². The van der Waals surface area contributed by atoms with Gasteiger partial charge in [0.25, 0.3) is 0 Å². The van der Waals surface area contributed by atoms with Crippen molar-refractivity contribution >= 4 is 5.97 Å². The van der Waals surface area contributed by atoms with Gasteiger partial charge in [0.15, 0.2) is 0 Å². The second-order valence-corrected chi connectivity index (χ2v) is 4.09. The van der Waals surface area contributed by atoms with E-state index < -0.39 is 6.04 Å². The van der Waals surface area contributed by atoms with Gasteiger partial charge in [0, 0.05) is 0 Å². The molecule has 0 aliphatic heterocycles. The number of hydrogen-bond acceptors (Lipinski definition) is 3. The van der Waals surface area contributed by atoms with E-state index in [1.165, 1.54) is 7.11 Å². The van der Waals surface area contributed by atoms with Crippen LogP contribution in [0.5, 0.6) is 0 Å². The van der Waals surface area contributed by atoms with Gasteiger partial charge >= 0.3 is 5.97 Å². The Bertz CT molecular complexity index is 166. The maximum Gasteiger partial charge on any atom is 0.323 e. The smallest absolute Gasteiger partial charge is 0.323 e. The molecule has 1 unspecified atom stereocenters. The molecular formula is C10H21NO2. The lowest BCUT2D eigenvalue weighted by molar-refractivity contribution is -0.145. The summed E-state index contributed by atoms with van der Waals surface area (Å²) in [5, 5.41) is 0. The summed E-state index contributed by atoms with van der Waals surface area (Å²) < 4.78 is 4.61. The molecule has 1 atom stereocenters. The van der Waals surface area contributed by atoms with Gasteiger partial charge in [-0.05, 0) is 11.8 Å². The average Bonchev–Trinajstić information content (AvgIpc) is 2.12. The van der Waals surface area contributed by atoms with Crippen molar-refractivity contribution < 1.29 is 9.53 Å². The highest BCUT2D eigenvalue weighted by molar-refractivity contribution is 5.76. The first kappa shape index (κ1) is 12.4. The van der Waals surface area contributed by atoms with Gasteiger partial charge in [-0.3, -0.25) is 4.79 Å². The summed E-state index contributed by atoms with van der Waals surface area (Å²) in [4.78, 5) is 11.2. The van der Waals surface area contributed by atoms with E-state index in [0.29, 0.717) is 0 Å². The molecule has 0 aliphatic carbocycles. The lowest BCUT2D eigenvalue weighted by Crippen LogP contribution is -2.44. The van der Waals surface area contributed by atoms with E-state index in [1.807, 2.05) is 13.8 Å². The average molecular weight is 187 g/mol. The molecule has 78 valence electrons. The van der Waals surface area contributed by atoms with Crippen molar-refractivity contribution in [2.45, 2.75) is 46.1 Å². The Morgan fingerprint density at radius 2 is 2.08 bits per heavy atom. The van der Waals surface area contributed by atoms with E-state index in [1.54, 1.807) is 0 Å². The van der Waals surface area contributed by atoms with Crippen molar-refractivity contribution in [1.82, 2.24) is 0 Å². The fourth-order valence-corrected chi connectivity index (χ4v) is 1.23. The molecule has 3 nitrogen and oxygen atoms in total. The summed E-state index contributed by atoms with van der Waals surface area (Å²) in [6.45, 7) is 6.13. The molecule has 0 amide bonds. The molecule has 0 rings (SSSR count). The topological polar surface area (TPSA) is 52.3 Å². The number of ether oxygens (including phenoxy) is 1. The molecule has 0 saturated heterocycles. The number of carbonyl (C=O) groups excluding carboxylic acids is 1. The van der Waals surface area contributed by atoms with E-state index in [2.05, 4.69) is 11.7 Å². The third-order valence-electron chi connectivity index (χ3n) is 2.47. The first-order valence-corrected chi connectivity index (χ1v) is 4.79. The van der Waals surface area contributed by atoms with Gasteiger partial charge in [-0.25, -0.2) is 0 Å². The van der Waals surface area contributed by atoms with Crippen molar-refractivity contribution in [3.8, 4) is 0 Å². The summed E-state index contributed by atoms with van der Waals surface area (Å²) in [6, 6.07) is -0.510. The Balaban J connectivity index is 4.17. The maximum absolute atomic E-state index is 11.2. The second-order valence-electron chi connectivity index (χ2n) is 4.09. The summed E-state index contributed by atoms with van der Waals surface area (Å²) in [5.74, 6) is -0.318. The van der Waals surface area contributed by atoms with Gasteiger partial charge in [-0.2, -0.15) is 0 Å². The molecular weight excluding hydrogens is 166 g/mol. The largest absolute Gasteiger partial charge is 0.468 e. The van der Waals surface area contributed by atoms with Crippen LogP contribution in [0.3, 0.4) is 0 Å². The van der Waals surface area contributed by atoms with Crippen molar-refractivity contribution in [1.29, 1.82) is 0 Å². The standard InChI is InChI=1S/C10H21NO2/c1-5-6-7-10(2,3)8(11)9(12)13-4/h8H,5-7,11H2,1-4H3. The van der Waals surface area contributed by atoms with E-state index in [0.717, 1.165) is 19.3 Å². The number of unbranched alkanes of at least 4 members (excludes halogenated alkanes) is 1. The van der Waals surface area contributed by atoms with Crippen LogP contribution in [0.4, 0.5) is 0 Å². The molecule has 0 bridgehead atoms. The van der Waals surface area contributed by atoms with Gasteiger partial charge in [0.05, 0.1) is 7.11 Å². The van der Waals surface area contributed by atoms with Gasteiger partial charge in [-0.15, -0.1) is 0 Å². The number of carbonyl (C=O) groups is 1. The molecule has 0 spiro atoms. The van der Waals surface area contributed by atoms with E-state index in [4.69, 9.17) is 5.73 Å². The van der Waals surface area contributed by atoms with Gasteiger partial charge in [0.2, 0.25) is 0 Å². The third-order valence-corrected chi connectivity index (χ3v) is 2.47. The molecule has 0 aromatic carbocycles. The molecule has 2 N–H and O–H groups in total. The SMILES string of the molecule is CCCCC(C)(C)C(N)C(=O)OC. The molecule has 3 heteroatoms. The number of nitrogens with two attached hydrogens (primary N) is 1. The van der Waals surface area contributed by atoms with Crippen molar-refractivity contribution in [3.05, 3.63) is 0 Å². The zero-order valence-corrected chi connectivity index (χ0v) is 9.09. The normalized spacial score (nSPS) is 13.9. The van der Waals surface area contributed by atoms with Crippen LogP contribution in [0, 0.1) is 5.41 Å². The highest BCUT2D eigenvalue weighted by Gasteiger charge is 2.31. The number of methoxy groups -OCH3 is 1. The summed E-state index contributed by atoms with van der Waals surface area (Å²) >= 11 is 0. The van der Waals surface area contributed by atoms with Crippen molar-refractivity contribution in [2.24, 2.45) is 11.1 Å². The predicted octanol–water partition coefficient (Wildman–Crippen LogP) is 1.70. The van der Waals surface area contributed by atoms with E-state index in [-0.39, 0.29) is 11.4 Å².